The third-order valence-corrected chi connectivity index (χ3v) is 13.5. The Bertz CT molecular complexity index is 1260. The van der Waals surface area contributed by atoms with Crippen molar-refractivity contribution in [2.75, 3.05) is 26.2 Å². The lowest BCUT2D eigenvalue weighted by Gasteiger charge is -2.44. The molecule has 3 amide bonds. The summed E-state index contributed by atoms with van der Waals surface area (Å²) in [6, 6.07) is 0. The van der Waals surface area contributed by atoms with Crippen LogP contribution in [-0.4, -0.2) is 85.1 Å². The molecule has 0 unspecified atom stereocenters. The van der Waals surface area contributed by atoms with Gasteiger partial charge in [-0.1, -0.05) is 220 Å². The summed E-state index contributed by atoms with van der Waals surface area (Å²) in [4.78, 5) is 48.9. The van der Waals surface area contributed by atoms with Crippen molar-refractivity contribution >= 4 is 52.4 Å². The van der Waals surface area contributed by atoms with Crippen molar-refractivity contribution in [3.63, 3.8) is 0 Å². The zero-order valence-corrected chi connectivity index (χ0v) is 41.3. The van der Waals surface area contributed by atoms with E-state index in [1.807, 2.05) is 4.90 Å². The van der Waals surface area contributed by atoms with Gasteiger partial charge in [0, 0.05) is 26.2 Å². The van der Waals surface area contributed by atoms with Gasteiger partial charge in [-0.05, 0) is 56.2 Å². The molecular formula is C51H90N4O4S2. The van der Waals surface area contributed by atoms with Crippen molar-refractivity contribution in [1.82, 2.24) is 19.6 Å². The number of carbonyl (C=O) groups excluding carboxylic acids is 3. The molecule has 0 aromatic carbocycles. The Morgan fingerprint density at radius 2 is 0.754 bits per heavy atom. The van der Waals surface area contributed by atoms with E-state index in [4.69, 9.17) is 24.4 Å². The van der Waals surface area contributed by atoms with Crippen LogP contribution in [0.5, 0.6) is 0 Å². The van der Waals surface area contributed by atoms with Gasteiger partial charge in [-0.2, -0.15) is 0 Å². The van der Waals surface area contributed by atoms with E-state index in [0.717, 1.165) is 77.0 Å². The molecule has 1 N–H and O–H groups in total. The first-order valence-corrected chi connectivity index (χ1v) is 26.4. The van der Waals surface area contributed by atoms with E-state index in [0.29, 0.717) is 36.4 Å². The normalized spacial score (nSPS) is 17.6. The lowest BCUT2D eigenvalue weighted by atomic mass is 9.99. The molecule has 2 heterocycles. The summed E-state index contributed by atoms with van der Waals surface area (Å²) in [7, 11) is 0. The van der Waals surface area contributed by atoms with E-state index in [9.17, 15) is 19.5 Å². The largest absolute Gasteiger partial charge is 0.372 e. The molecular weight excluding hydrogens is 797 g/mol. The maximum Gasteiger partial charge on any atom is 0.265 e. The van der Waals surface area contributed by atoms with E-state index in [-0.39, 0.29) is 23.3 Å². The molecule has 10 heteroatoms. The van der Waals surface area contributed by atoms with Gasteiger partial charge < -0.3 is 10.0 Å². The fourth-order valence-electron chi connectivity index (χ4n) is 8.62. The number of unbranched alkanes of at least 4 members (excludes halogenated alkanes) is 28. The molecule has 8 nitrogen and oxygen atoms in total. The van der Waals surface area contributed by atoms with Gasteiger partial charge in [0.2, 0.25) is 5.91 Å². The third kappa shape index (κ3) is 21.4. The second kappa shape index (κ2) is 35.2. The molecule has 350 valence electrons. The van der Waals surface area contributed by atoms with Gasteiger partial charge in [0.15, 0.2) is 10.2 Å². The van der Waals surface area contributed by atoms with Crippen LogP contribution in [0.25, 0.3) is 0 Å². The molecule has 0 radical (unpaired) electrons. The topological polar surface area (TPSA) is 84.4 Å². The molecule has 0 spiro atoms. The van der Waals surface area contributed by atoms with Crippen molar-refractivity contribution in [3.8, 4) is 0 Å². The number of hydrogen-bond donors (Lipinski definition) is 1. The van der Waals surface area contributed by atoms with Gasteiger partial charge >= 0.3 is 0 Å². The van der Waals surface area contributed by atoms with Crippen LogP contribution in [0.4, 0.5) is 0 Å². The highest BCUT2D eigenvalue weighted by Gasteiger charge is 2.42. The summed E-state index contributed by atoms with van der Waals surface area (Å²) in [6.07, 6.45) is 40.7. The molecule has 0 aromatic heterocycles. The maximum absolute atomic E-state index is 14.1. The third-order valence-electron chi connectivity index (χ3n) is 12.6. The van der Waals surface area contributed by atoms with Gasteiger partial charge in [-0.3, -0.25) is 29.1 Å². The Morgan fingerprint density at radius 1 is 0.443 bits per heavy atom. The van der Waals surface area contributed by atoms with Gasteiger partial charge in [0.05, 0.1) is 0 Å². The summed E-state index contributed by atoms with van der Waals surface area (Å²) in [5.74, 6) is -1.85. The monoisotopic (exact) mass is 887 g/mol. The average Bonchev–Trinajstić information content (AvgIpc) is 3.25. The SMILES string of the molecule is CCCCCCCCCCN1C(=O)C(=C/C=C/[C@@H]2C(=O)N(CCCCCCCCCC)C(=S)N(CCCCCCCCCC)[C@H]2O)C(=O)N(CCCCCCCCCC)C1=S. The Morgan fingerprint density at radius 3 is 1.11 bits per heavy atom. The molecule has 2 aliphatic heterocycles. The molecule has 2 rings (SSSR count). The highest BCUT2D eigenvalue weighted by molar-refractivity contribution is 7.80. The number of thiocarbonyl (C=S) groups is 2. The van der Waals surface area contributed by atoms with Crippen LogP contribution in [0.3, 0.4) is 0 Å². The van der Waals surface area contributed by atoms with Crippen LogP contribution in [0.15, 0.2) is 23.8 Å². The van der Waals surface area contributed by atoms with Crippen molar-refractivity contribution in [3.05, 3.63) is 23.8 Å². The minimum Gasteiger partial charge on any atom is -0.372 e. The second-order valence-electron chi connectivity index (χ2n) is 18.0. The molecule has 0 aromatic rings. The number of aliphatic hydroxyl groups excluding tert-OH is 1. The van der Waals surface area contributed by atoms with Gasteiger partial charge in [-0.15, -0.1) is 0 Å². The van der Waals surface area contributed by atoms with E-state index in [2.05, 4.69) is 27.7 Å². The lowest BCUT2D eigenvalue weighted by Crippen LogP contribution is -2.61. The number of nitrogens with zero attached hydrogens (tertiary/aromatic N) is 4. The van der Waals surface area contributed by atoms with E-state index in [1.54, 1.807) is 32.9 Å². The van der Waals surface area contributed by atoms with Crippen LogP contribution in [-0.2, 0) is 14.4 Å². The van der Waals surface area contributed by atoms with Crippen LogP contribution in [0, 0.1) is 5.92 Å². The predicted octanol–water partition coefficient (Wildman–Crippen LogP) is 13.4. The molecule has 2 fully saturated rings. The van der Waals surface area contributed by atoms with E-state index >= 15 is 0 Å². The molecule has 2 saturated heterocycles. The van der Waals surface area contributed by atoms with Crippen molar-refractivity contribution in [2.45, 2.75) is 239 Å². The number of aliphatic hydroxyl groups is 1. The fraction of sp³-hybridized carbons (Fsp3) is 0.824. The minimum atomic E-state index is -1.11. The first-order valence-electron chi connectivity index (χ1n) is 25.6. The summed E-state index contributed by atoms with van der Waals surface area (Å²) < 4.78 is 0. The number of amides is 3. The number of carbonyl (C=O) groups is 3. The van der Waals surface area contributed by atoms with Crippen molar-refractivity contribution in [2.24, 2.45) is 5.92 Å². The Hall–Kier alpha value is -2.17. The quantitative estimate of drug-likeness (QED) is 0.0286. The zero-order valence-electron chi connectivity index (χ0n) is 39.6. The molecule has 61 heavy (non-hydrogen) atoms. The van der Waals surface area contributed by atoms with Crippen LogP contribution in [0.2, 0.25) is 0 Å². The minimum absolute atomic E-state index is 0.0591. The van der Waals surface area contributed by atoms with Crippen molar-refractivity contribution in [1.29, 1.82) is 0 Å². The summed E-state index contributed by atoms with van der Waals surface area (Å²) in [5.41, 5.74) is 0.0591. The molecule has 2 atom stereocenters. The highest BCUT2D eigenvalue weighted by Crippen LogP contribution is 2.26. The van der Waals surface area contributed by atoms with Gasteiger partial charge in [-0.25, -0.2) is 0 Å². The average molecular weight is 887 g/mol. The highest BCUT2D eigenvalue weighted by atomic mass is 32.1. The summed E-state index contributed by atoms with van der Waals surface area (Å²) >= 11 is 11.8. The fourth-order valence-corrected chi connectivity index (χ4v) is 9.35. The maximum atomic E-state index is 14.1. The molecule has 0 aliphatic carbocycles. The van der Waals surface area contributed by atoms with Crippen LogP contribution < -0.4 is 0 Å². The Balaban J connectivity index is 2.22. The first kappa shape index (κ1) is 55.0. The molecule has 0 bridgehead atoms. The zero-order chi connectivity index (χ0) is 44.5. The first-order chi connectivity index (χ1) is 29.7. The van der Waals surface area contributed by atoms with E-state index in [1.165, 1.54) is 128 Å². The van der Waals surface area contributed by atoms with Crippen LogP contribution >= 0.6 is 24.4 Å². The van der Waals surface area contributed by atoms with Gasteiger partial charge in [0.25, 0.3) is 11.8 Å². The summed E-state index contributed by atoms with van der Waals surface area (Å²) in [5, 5.41) is 12.4. The Labute approximate surface area is 385 Å². The molecule has 0 saturated carbocycles. The number of allylic oxidation sites excluding steroid dienone is 2. The molecule has 2 aliphatic rings. The van der Waals surface area contributed by atoms with Gasteiger partial charge in [0.1, 0.15) is 17.7 Å². The predicted molar refractivity (Wildman–Crippen MR) is 264 cm³/mol. The van der Waals surface area contributed by atoms with Crippen molar-refractivity contribution < 1.29 is 19.5 Å². The van der Waals surface area contributed by atoms with E-state index < -0.39 is 12.1 Å². The van der Waals surface area contributed by atoms with Crippen LogP contribution in [0.1, 0.15) is 233 Å². The second-order valence-corrected chi connectivity index (χ2v) is 18.7. The standard InChI is InChI=1S/C51H90N4O4S2/c1-5-9-13-17-21-25-29-33-40-52-46(56)44(47(57)53(50(52)60)41-34-30-26-22-18-14-10-6-2)38-37-39-45-48(58)54(42-35-31-27-23-19-15-11-7-3)51(61)55(49(45)59)43-36-32-28-24-20-16-12-8-4/h37-39,44,46,56H,5-36,40-43H2,1-4H3/b38-37+/t44-,46-/m0/s1. The Kier molecular flexibility index (Phi) is 31.7. The smallest absolute Gasteiger partial charge is 0.265 e. The lowest BCUT2D eigenvalue weighted by molar-refractivity contribution is -0.142. The number of hydrogen-bond acceptors (Lipinski definition) is 6. The number of rotatable bonds is 38. The summed E-state index contributed by atoms with van der Waals surface area (Å²) in [6.45, 7) is 11.0.